The minimum absolute atomic E-state index is 0. The Labute approximate surface area is 148 Å². The molecule has 1 aromatic rings. The number of likely N-dealkylation sites (N-methyl/N-ethyl adjacent to an activating group) is 1. The summed E-state index contributed by atoms with van der Waals surface area (Å²) in [5.74, 6) is 0.648. The van der Waals surface area contributed by atoms with Crippen LogP contribution in [-0.4, -0.2) is 42.0 Å². The van der Waals surface area contributed by atoms with E-state index in [4.69, 9.17) is 10.3 Å². The molecule has 1 aliphatic rings. The fourth-order valence-corrected chi connectivity index (χ4v) is 3.12. The number of amides is 2. The molecule has 0 bridgehead atoms. The van der Waals surface area contributed by atoms with E-state index < -0.39 is 0 Å². The zero-order chi connectivity index (χ0) is 16.9. The number of hydrogen-bond acceptors (Lipinski definition) is 5. The summed E-state index contributed by atoms with van der Waals surface area (Å²) in [7, 11) is 1.64. The number of hydrogen-bond donors (Lipinski definition) is 2. The lowest BCUT2D eigenvalue weighted by Gasteiger charge is -2.36. The second-order valence-electron chi connectivity index (χ2n) is 6.56. The van der Waals surface area contributed by atoms with Crippen molar-refractivity contribution in [1.29, 1.82) is 0 Å². The summed E-state index contributed by atoms with van der Waals surface area (Å²) in [6.07, 6.45) is 5.86. The van der Waals surface area contributed by atoms with Gasteiger partial charge in [0, 0.05) is 19.5 Å². The van der Waals surface area contributed by atoms with E-state index in [9.17, 15) is 9.59 Å². The number of carbonyl (C=O) groups excluding carboxylic acids is 2. The Bertz CT molecular complexity index is 555. The van der Waals surface area contributed by atoms with Gasteiger partial charge in [0.2, 0.25) is 11.8 Å². The first-order valence-corrected chi connectivity index (χ1v) is 8.11. The van der Waals surface area contributed by atoms with E-state index in [0.29, 0.717) is 24.5 Å². The van der Waals surface area contributed by atoms with E-state index >= 15 is 0 Å². The highest BCUT2D eigenvalue weighted by atomic mass is 35.5. The summed E-state index contributed by atoms with van der Waals surface area (Å²) in [6.45, 7) is 2.26. The molecular weight excluding hydrogens is 332 g/mol. The van der Waals surface area contributed by atoms with Gasteiger partial charge in [-0.2, -0.15) is 0 Å². The van der Waals surface area contributed by atoms with Crippen LogP contribution in [0.2, 0.25) is 0 Å². The van der Waals surface area contributed by atoms with Gasteiger partial charge in [-0.1, -0.05) is 24.4 Å². The van der Waals surface area contributed by atoms with Crippen LogP contribution >= 0.6 is 12.4 Å². The predicted molar refractivity (Wildman–Crippen MR) is 93.9 cm³/mol. The van der Waals surface area contributed by atoms with Crippen molar-refractivity contribution in [3.05, 3.63) is 11.8 Å². The maximum Gasteiger partial charge on any atom is 0.245 e. The summed E-state index contributed by atoms with van der Waals surface area (Å²) < 4.78 is 4.89. The molecule has 7 nitrogen and oxygen atoms in total. The van der Waals surface area contributed by atoms with Crippen molar-refractivity contribution in [3.8, 4) is 0 Å². The molecule has 0 saturated heterocycles. The number of nitrogens with zero attached hydrogens (tertiary/aromatic N) is 2. The monoisotopic (exact) mass is 358 g/mol. The average Bonchev–Trinajstić information content (AvgIpc) is 2.92. The summed E-state index contributed by atoms with van der Waals surface area (Å²) >= 11 is 0. The number of anilines is 1. The molecular formula is C16H27ClN4O3. The van der Waals surface area contributed by atoms with Gasteiger partial charge in [0.25, 0.3) is 0 Å². The smallest absolute Gasteiger partial charge is 0.245 e. The van der Waals surface area contributed by atoms with Gasteiger partial charge in [-0.25, -0.2) is 0 Å². The van der Waals surface area contributed by atoms with Crippen molar-refractivity contribution in [3.63, 3.8) is 0 Å². The first-order chi connectivity index (χ1) is 10.9. The molecule has 2 rings (SSSR count). The van der Waals surface area contributed by atoms with Crippen LogP contribution in [0, 0.1) is 12.3 Å². The van der Waals surface area contributed by atoms with Gasteiger partial charge in [-0.15, -0.1) is 12.4 Å². The fraction of sp³-hybridized carbons (Fsp3) is 0.688. The summed E-state index contributed by atoms with van der Waals surface area (Å²) in [6, 6.07) is 1.63. The standard InChI is InChI=1S/C16H26N4O3.ClH/c1-12-8-13(19-23-12)18-14(21)10-20(2)15(22)9-16(11-17)6-4-3-5-7-16;/h8H,3-7,9-11,17H2,1-2H3,(H,18,19,21);1H. The highest BCUT2D eigenvalue weighted by molar-refractivity contribution is 5.93. The molecule has 2 amide bonds. The zero-order valence-corrected chi connectivity index (χ0v) is 15.2. The largest absolute Gasteiger partial charge is 0.360 e. The summed E-state index contributed by atoms with van der Waals surface area (Å²) in [5.41, 5.74) is 5.83. The Morgan fingerprint density at radius 1 is 1.38 bits per heavy atom. The van der Waals surface area contributed by atoms with Crippen LogP contribution in [0.3, 0.4) is 0 Å². The van der Waals surface area contributed by atoms with Gasteiger partial charge >= 0.3 is 0 Å². The highest BCUT2D eigenvalue weighted by Gasteiger charge is 2.34. The van der Waals surface area contributed by atoms with Gasteiger partial charge < -0.3 is 20.5 Å². The third-order valence-corrected chi connectivity index (χ3v) is 4.58. The van der Waals surface area contributed by atoms with Crippen molar-refractivity contribution >= 4 is 30.0 Å². The Hall–Kier alpha value is -1.60. The lowest BCUT2D eigenvalue weighted by Crippen LogP contribution is -2.41. The van der Waals surface area contributed by atoms with Crippen molar-refractivity contribution in [1.82, 2.24) is 10.1 Å². The maximum absolute atomic E-state index is 12.4. The molecule has 1 aliphatic carbocycles. The van der Waals surface area contributed by atoms with Gasteiger partial charge in [-0.05, 0) is 31.7 Å². The number of rotatable bonds is 6. The van der Waals surface area contributed by atoms with Crippen LogP contribution in [-0.2, 0) is 9.59 Å². The van der Waals surface area contributed by atoms with Gasteiger partial charge in [0.1, 0.15) is 5.76 Å². The molecule has 24 heavy (non-hydrogen) atoms. The second kappa shape index (κ2) is 9.03. The minimum Gasteiger partial charge on any atom is -0.360 e. The molecule has 0 aliphatic heterocycles. The maximum atomic E-state index is 12.4. The number of aryl methyl sites for hydroxylation is 1. The topological polar surface area (TPSA) is 101 Å². The summed E-state index contributed by atoms with van der Waals surface area (Å²) in [5, 5.41) is 6.31. The normalized spacial score (nSPS) is 16.1. The quantitative estimate of drug-likeness (QED) is 0.810. The van der Waals surface area contributed by atoms with Crippen molar-refractivity contribution < 1.29 is 14.1 Å². The van der Waals surface area contributed by atoms with Crippen LogP contribution in [0.25, 0.3) is 0 Å². The van der Waals surface area contributed by atoms with Crippen molar-refractivity contribution in [2.24, 2.45) is 11.1 Å². The third kappa shape index (κ3) is 5.49. The Morgan fingerprint density at radius 2 is 2.04 bits per heavy atom. The third-order valence-electron chi connectivity index (χ3n) is 4.58. The van der Waals surface area contributed by atoms with Crippen LogP contribution in [0.15, 0.2) is 10.6 Å². The first kappa shape index (κ1) is 20.4. The van der Waals surface area contributed by atoms with Crippen LogP contribution in [0.4, 0.5) is 5.82 Å². The Kier molecular flexibility index (Phi) is 7.69. The van der Waals surface area contributed by atoms with E-state index in [-0.39, 0.29) is 36.2 Å². The molecule has 1 aromatic heterocycles. The zero-order valence-electron chi connectivity index (χ0n) is 14.3. The number of carbonyl (C=O) groups is 2. The van der Waals surface area contributed by atoms with E-state index in [1.54, 1.807) is 20.0 Å². The van der Waals surface area contributed by atoms with Crippen LogP contribution in [0.1, 0.15) is 44.3 Å². The second-order valence-corrected chi connectivity index (χ2v) is 6.56. The number of nitrogens with one attached hydrogen (secondary N) is 1. The minimum atomic E-state index is -0.292. The van der Waals surface area contributed by atoms with Gasteiger partial charge in [0.05, 0.1) is 6.54 Å². The molecule has 0 atom stereocenters. The molecule has 136 valence electrons. The van der Waals surface area contributed by atoms with Gasteiger partial charge in [-0.3, -0.25) is 9.59 Å². The molecule has 0 radical (unpaired) electrons. The molecule has 8 heteroatoms. The Morgan fingerprint density at radius 3 is 2.58 bits per heavy atom. The fourth-order valence-electron chi connectivity index (χ4n) is 3.12. The van der Waals surface area contributed by atoms with Gasteiger partial charge in [0.15, 0.2) is 5.82 Å². The lowest BCUT2D eigenvalue weighted by molar-refractivity contribution is -0.135. The lowest BCUT2D eigenvalue weighted by atomic mass is 9.71. The molecule has 1 fully saturated rings. The SMILES string of the molecule is Cc1cc(NC(=O)CN(C)C(=O)CC2(CN)CCCCC2)no1.Cl. The number of nitrogens with two attached hydrogens (primary N) is 1. The molecule has 3 N–H and O–H groups in total. The van der Waals surface area contributed by atoms with E-state index in [2.05, 4.69) is 10.5 Å². The Balaban J connectivity index is 0.00000288. The average molecular weight is 359 g/mol. The molecule has 1 heterocycles. The van der Waals surface area contributed by atoms with Crippen LogP contribution < -0.4 is 11.1 Å². The molecule has 0 unspecified atom stereocenters. The molecule has 0 spiro atoms. The van der Waals surface area contributed by atoms with E-state index in [0.717, 1.165) is 25.7 Å². The number of halogens is 1. The van der Waals surface area contributed by atoms with E-state index in [1.807, 2.05) is 0 Å². The van der Waals surface area contributed by atoms with E-state index in [1.165, 1.54) is 11.3 Å². The van der Waals surface area contributed by atoms with Crippen molar-refractivity contribution in [2.75, 3.05) is 25.5 Å². The highest BCUT2D eigenvalue weighted by Crippen LogP contribution is 2.38. The molecule has 0 aromatic carbocycles. The van der Waals surface area contributed by atoms with Crippen LogP contribution in [0.5, 0.6) is 0 Å². The van der Waals surface area contributed by atoms with Crippen molar-refractivity contribution in [2.45, 2.75) is 45.4 Å². The summed E-state index contributed by atoms with van der Waals surface area (Å²) in [4.78, 5) is 25.8. The predicted octanol–water partition coefficient (Wildman–Crippen LogP) is 2.10. The first-order valence-electron chi connectivity index (χ1n) is 8.11. The number of aromatic nitrogens is 1. The molecule has 1 saturated carbocycles.